The molecular formula is C19H22O2. The Kier molecular flexibility index (Phi) is 4.55. The molecule has 2 aromatic rings. The molecule has 0 radical (unpaired) electrons. The van der Waals surface area contributed by atoms with Crippen LogP contribution >= 0.6 is 0 Å². The molecule has 2 heteroatoms. The largest absolute Gasteiger partial charge is 0.497 e. The second-order valence-corrected chi connectivity index (χ2v) is 5.61. The van der Waals surface area contributed by atoms with Gasteiger partial charge in [-0.2, -0.15) is 0 Å². The molecule has 0 fully saturated rings. The molecule has 0 aromatic heterocycles. The molecule has 2 aromatic carbocycles. The van der Waals surface area contributed by atoms with E-state index in [1.54, 1.807) is 14.0 Å². The molecule has 21 heavy (non-hydrogen) atoms. The molecule has 2 atom stereocenters. The van der Waals surface area contributed by atoms with Crippen molar-refractivity contribution in [2.45, 2.75) is 38.2 Å². The molecule has 2 nitrogen and oxygen atoms in total. The van der Waals surface area contributed by atoms with Crippen LogP contribution < -0.4 is 4.74 Å². The summed E-state index contributed by atoms with van der Waals surface area (Å²) in [5.41, 5.74) is -0.0478. The number of ether oxygens (including phenoxy) is 1. The van der Waals surface area contributed by atoms with E-state index in [-0.39, 0.29) is 5.92 Å². The topological polar surface area (TPSA) is 29.5 Å². The number of hydrogen-bond donors (Lipinski definition) is 1. The Hall–Kier alpha value is -1.98. The van der Waals surface area contributed by atoms with Crippen LogP contribution in [0.25, 0.3) is 10.8 Å². The van der Waals surface area contributed by atoms with E-state index in [0.717, 1.165) is 34.9 Å². The number of benzene rings is 2. The highest BCUT2D eigenvalue weighted by Gasteiger charge is 2.30. The number of terminal acetylenes is 1. The fourth-order valence-corrected chi connectivity index (χ4v) is 2.75. The summed E-state index contributed by atoms with van der Waals surface area (Å²) in [5.74, 6) is 3.31. The molecule has 0 aliphatic carbocycles. The van der Waals surface area contributed by atoms with Gasteiger partial charge in [0, 0.05) is 5.92 Å². The van der Waals surface area contributed by atoms with Crippen molar-refractivity contribution in [3.63, 3.8) is 0 Å². The Morgan fingerprint density at radius 3 is 2.52 bits per heavy atom. The van der Waals surface area contributed by atoms with Gasteiger partial charge in [0.25, 0.3) is 0 Å². The van der Waals surface area contributed by atoms with Crippen LogP contribution in [0.1, 0.15) is 38.2 Å². The first-order chi connectivity index (χ1) is 10.0. The van der Waals surface area contributed by atoms with Gasteiger partial charge in [-0.3, -0.25) is 0 Å². The number of aliphatic hydroxyl groups is 1. The fraction of sp³-hybridized carbons (Fsp3) is 0.368. The minimum absolute atomic E-state index is 0.0565. The maximum atomic E-state index is 10.5. The lowest BCUT2D eigenvalue weighted by molar-refractivity contribution is 0.0863. The number of fused-ring (bicyclic) bond motifs is 1. The number of rotatable bonds is 5. The van der Waals surface area contributed by atoms with Crippen molar-refractivity contribution >= 4 is 10.8 Å². The van der Waals surface area contributed by atoms with Gasteiger partial charge in [0.2, 0.25) is 0 Å². The third kappa shape index (κ3) is 3.20. The van der Waals surface area contributed by atoms with Crippen LogP contribution in [0.3, 0.4) is 0 Å². The predicted molar refractivity (Wildman–Crippen MR) is 87.6 cm³/mol. The van der Waals surface area contributed by atoms with Crippen LogP contribution in [0.5, 0.6) is 5.75 Å². The Morgan fingerprint density at radius 2 is 1.90 bits per heavy atom. The van der Waals surface area contributed by atoms with E-state index in [2.05, 4.69) is 25.0 Å². The van der Waals surface area contributed by atoms with Gasteiger partial charge in [-0.1, -0.05) is 43.5 Å². The van der Waals surface area contributed by atoms with Gasteiger partial charge in [-0.25, -0.2) is 0 Å². The standard InChI is InChI=1S/C19H22O2/c1-5-7-18(19(3,20)6-2)16-9-8-15-13-17(21-4)11-10-14(15)12-16/h2,8-13,18,20H,5,7H2,1,3-4H3. The SMILES string of the molecule is C#CC(C)(O)C(CCC)c1ccc2cc(OC)ccc2c1. The van der Waals surface area contributed by atoms with Crippen molar-refractivity contribution in [2.75, 3.05) is 7.11 Å². The van der Waals surface area contributed by atoms with Crippen molar-refractivity contribution in [1.29, 1.82) is 0 Å². The molecule has 0 amide bonds. The molecule has 0 bridgehead atoms. The van der Waals surface area contributed by atoms with Crippen molar-refractivity contribution in [3.8, 4) is 18.1 Å². The Labute approximate surface area is 126 Å². The third-order valence-electron chi connectivity index (χ3n) is 4.02. The van der Waals surface area contributed by atoms with Crippen LogP contribution in [-0.4, -0.2) is 17.8 Å². The normalized spacial score (nSPS) is 15.2. The van der Waals surface area contributed by atoms with E-state index < -0.39 is 5.60 Å². The first-order valence-electron chi connectivity index (χ1n) is 7.29. The average molecular weight is 282 g/mol. The molecule has 0 aliphatic heterocycles. The van der Waals surface area contributed by atoms with E-state index >= 15 is 0 Å². The van der Waals surface area contributed by atoms with Gasteiger partial charge in [-0.05, 0) is 41.8 Å². The Morgan fingerprint density at radius 1 is 1.24 bits per heavy atom. The summed E-state index contributed by atoms with van der Waals surface area (Å²) in [5, 5.41) is 12.7. The zero-order valence-electron chi connectivity index (χ0n) is 12.9. The molecule has 0 heterocycles. The molecular weight excluding hydrogens is 260 g/mol. The highest BCUT2D eigenvalue weighted by Crippen LogP contribution is 2.34. The van der Waals surface area contributed by atoms with Gasteiger partial charge >= 0.3 is 0 Å². The van der Waals surface area contributed by atoms with Crippen LogP contribution in [0.2, 0.25) is 0 Å². The monoisotopic (exact) mass is 282 g/mol. The van der Waals surface area contributed by atoms with E-state index in [9.17, 15) is 5.11 Å². The molecule has 2 unspecified atom stereocenters. The maximum absolute atomic E-state index is 10.5. The highest BCUT2D eigenvalue weighted by atomic mass is 16.5. The number of methoxy groups -OCH3 is 1. The summed E-state index contributed by atoms with van der Waals surface area (Å²) < 4.78 is 5.24. The first kappa shape index (κ1) is 15.4. The maximum Gasteiger partial charge on any atom is 0.129 e. The summed E-state index contributed by atoms with van der Waals surface area (Å²) in [4.78, 5) is 0. The third-order valence-corrected chi connectivity index (χ3v) is 4.02. The minimum Gasteiger partial charge on any atom is -0.497 e. The van der Waals surface area contributed by atoms with Crippen molar-refractivity contribution < 1.29 is 9.84 Å². The van der Waals surface area contributed by atoms with E-state index in [0.29, 0.717) is 0 Å². The summed E-state index contributed by atoms with van der Waals surface area (Å²) in [7, 11) is 1.66. The van der Waals surface area contributed by atoms with E-state index in [4.69, 9.17) is 11.2 Å². The zero-order chi connectivity index (χ0) is 15.5. The van der Waals surface area contributed by atoms with Gasteiger partial charge in [-0.15, -0.1) is 6.42 Å². The van der Waals surface area contributed by atoms with Gasteiger partial charge in [0.1, 0.15) is 11.4 Å². The zero-order valence-corrected chi connectivity index (χ0v) is 12.9. The summed E-state index contributed by atoms with van der Waals surface area (Å²) in [6, 6.07) is 12.2. The average Bonchev–Trinajstić information content (AvgIpc) is 2.51. The quantitative estimate of drug-likeness (QED) is 0.836. The Bertz CT molecular complexity index is 665. The predicted octanol–water partition coefficient (Wildman–Crippen LogP) is 4.12. The van der Waals surface area contributed by atoms with Crippen molar-refractivity contribution in [3.05, 3.63) is 42.0 Å². The smallest absolute Gasteiger partial charge is 0.129 e. The van der Waals surface area contributed by atoms with Gasteiger partial charge in [0.15, 0.2) is 0 Å². The summed E-state index contributed by atoms with van der Waals surface area (Å²) >= 11 is 0. The molecule has 0 saturated heterocycles. The van der Waals surface area contributed by atoms with Crippen LogP contribution in [-0.2, 0) is 0 Å². The van der Waals surface area contributed by atoms with Crippen molar-refractivity contribution in [1.82, 2.24) is 0 Å². The minimum atomic E-state index is -1.13. The molecule has 0 saturated carbocycles. The second-order valence-electron chi connectivity index (χ2n) is 5.61. The summed E-state index contributed by atoms with van der Waals surface area (Å²) in [6.45, 7) is 3.82. The molecule has 0 spiro atoms. The number of hydrogen-bond acceptors (Lipinski definition) is 2. The highest BCUT2D eigenvalue weighted by molar-refractivity contribution is 5.84. The Balaban J connectivity index is 2.47. The molecule has 110 valence electrons. The second kappa shape index (κ2) is 6.20. The van der Waals surface area contributed by atoms with E-state index in [1.807, 2.05) is 24.3 Å². The van der Waals surface area contributed by atoms with Crippen LogP contribution in [0.4, 0.5) is 0 Å². The van der Waals surface area contributed by atoms with Gasteiger partial charge < -0.3 is 9.84 Å². The summed E-state index contributed by atoms with van der Waals surface area (Å²) in [6.07, 6.45) is 7.34. The van der Waals surface area contributed by atoms with Gasteiger partial charge in [0.05, 0.1) is 7.11 Å². The first-order valence-corrected chi connectivity index (χ1v) is 7.29. The lowest BCUT2D eigenvalue weighted by Crippen LogP contribution is -2.30. The van der Waals surface area contributed by atoms with Crippen LogP contribution in [0, 0.1) is 12.3 Å². The van der Waals surface area contributed by atoms with Crippen molar-refractivity contribution in [2.24, 2.45) is 0 Å². The molecule has 0 aliphatic rings. The molecule has 2 rings (SSSR count). The van der Waals surface area contributed by atoms with Crippen LogP contribution in [0.15, 0.2) is 36.4 Å². The van der Waals surface area contributed by atoms with E-state index in [1.165, 1.54) is 0 Å². The lowest BCUT2D eigenvalue weighted by Gasteiger charge is -2.28. The fourth-order valence-electron chi connectivity index (χ4n) is 2.75. The lowest BCUT2D eigenvalue weighted by atomic mass is 9.80. The molecule has 1 N–H and O–H groups in total.